The second kappa shape index (κ2) is 5.93. The Bertz CT molecular complexity index is 797. The first-order chi connectivity index (χ1) is 9.73. The van der Waals surface area contributed by atoms with E-state index >= 15 is 0 Å². The number of halogens is 1. The van der Waals surface area contributed by atoms with Crippen molar-refractivity contribution in [2.24, 2.45) is 0 Å². The van der Waals surface area contributed by atoms with E-state index < -0.39 is 25.9 Å². The van der Waals surface area contributed by atoms with E-state index in [1.807, 2.05) is 6.07 Å². The molecule has 1 aliphatic heterocycles. The lowest BCUT2D eigenvalue weighted by Crippen LogP contribution is -2.43. The SMILES string of the molecule is N#Cc1ccc(S(=O)(=O)NC2CCCS(=O)(=O)C2)cc1Cl. The van der Waals surface area contributed by atoms with Gasteiger partial charge in [0.25, 0.3) is 0 Å². The third-order valence-corrected chi connectivity index (χ3v) is 6.81. The summed E-state index contributed by atoms with van der Waals surface area (Å²) in [6.45, 7) is 0. The molecule has 0 saturated carbocycles. The third kappa shape index (κ3) is 3.95. The molecule has 1 unspecified atom stereocenters. The van der Waals surface area contributed by atoms with E-state index in [4.69, 9.17) is 16.9 Å². The highest BCUT2D eigenvalue weighted by molar-refractivity contribution is 7.91. The molecule has 1 aromatic rings. The van der Waals surface area contributed by atoms with E-state index in [9.17, 15) is 16.8 Å². The molecule has 1 aliphatic rings. The van der Waals surface area contributed by atoms with Gasteiger partial charge in [-0.05, 0) is 31.0 Å². The standard InChI is InChI=1S/C12H13ClN2O4S2/c13-12-6-11(4-3-9(12)7-14)21(18,19)15-10-2-1-5-20(16,17)8-10/h3-4,6,10,15H,1-2,5,8H2. The van der Waals surface area contributed by atoms with Gasteiger partial charge in [-0.15, -0.1) is 0 Å². The van der Waals surface area contributed by atoms with Gasteiger partial charge < -0.3 is 0 Å². The number of sulfone groups is 1. The Morgan fingerprint density at radius 3 is 2.67 bits per heavy atom. The van der Waals surface area contributed by atoms with E-state index in [0.717, 1.165) is 0 Å². The quantitative estimate of drug-likeness (QED) is 0.879. The number of nitrogens with one attached hydrogen (secondary N) is 1. The maximum absolute atomic E-state index is 12.2. The maximum Gasteiger partial charge on any atom is 0.240 e. The zero-order valence-corrected chi connectivity index (χ0v) is 13.3. The number of hydrogen-bond donors (Lipinski definition) is 1. The highest BCUT2D eigenvalue weighted by Crippen LogP contribution is 2.21. The number of nitriles is 1. The van der Waals surface area contributed by atoms with Crippen LogP contribution in [0, 0.1) is 11.3 Å². The highest BCUT2D eigenvalue weighted by Gasteiger charge is 2.28. The van der Waals surface area contributed by atoms with Gasteiger partial charge in [-0.1, -0.05) is 11.6 Å². The molecule has 21 heavy (non-hydrogen) atoms. The normalized spacial score (nSPS) is 21.6. The Kier molecular flexibility index (Phi) is 4.58. The molecule has 1 heterocycles. The Hall–Kier alpha value is -1.14. The number of hydrogen-bond acceptors (Lipinski definition) is 5. The summed E-state index contributed by atoms with van der Waals surface area (Å²) in [6, 6.07) is 4.97. The van der Waals surface area contributed by atoms with Crippen molar-refractivity contribution in [3.8, 4) is 6.07 Å². The van der Waals surface area contributed by atoms with E-state index in [2.05, 4.69) is 4.72 Å². The fourth-order valence-electron chi connectivity index (χ4n) is 2.16. The lowest BCUT2D eigenvalue weighted by molar-refractivity contribution is 0.517. The molecule has 0 spiro atoms. The maximum atomic E-state index is 12.2. The van der Waals surface area contributed by atoms with Gasteiger partial charge in [0.2, 0.25) is 10.0 Å². The van der Waals surface area contributed by atoms with Crippen molar-refractivity contribution in [1.29, 1.82) is 5.26 Å². The monoisotopic (exact) mass is 348 g/mol. The zero-order chi connectivity index (χ0) is 15.7. The van der Waals surface area contributed by atoms with Crippen LogP contribution in [0.25, 0.3) is 0 Å². The van der Waals surface area contributed by atoms with Gasteiger partial charge in [-0.25, -0.2) is 21.6 Å². The summed E-state index contributed by atoms with van der Waals surface area (Å²) in [5, 5.41) is 8.80. The summed E-state index contributed by atoms with van der Waals surface area (Å²) in [5.41, 5.74) is 0.177. The zero-order valence-electron chi connectivity index (χ0n) is 10.9. The van der Waals surface area contributed by atoms with Gasteiger partial charge in [-0.3, -0.25) is 0 Å². The van der Waals surface area contributed by atoms with Crippen LogP contribution in [0.15, 0.2) is 23.1 Å². The van der Waals surface area contributed by atoms with Crippen LogP contribution in [0.5, 0.6) is 0 Å². The smallest absolute Gasteiger partial charge is 0.229 e. The molecule has 0 bridgehead atoms. The van der Waals surface area contributed by atoms with Crippen LogP contribution in [0.4, 0.5) is 0 Å². The second-order valence-corrected chi connectivity index (χ2v) is 9.18. The van der Waals surface area contributed by atoms with Crippen molar-refractivity contribution in [3.05, 3.63) is 28.8 Å². The molecular formula is C12H13ClN2O4S2. The van der Waals surface area contributed by atoms with Crippen LogP contribution in [0.2, 0.25) is 5.02 Å². The minimum atomic E-state index is -3.87. The Morgan fingerprint density at radius 1 is 1.38 bits per heavy atom. The molecule has 114 valence electrons. The van der Waals surface area contributed by atoms with Crippen LogP contribution in [0.1, 0.15) is 18.4 Å². The van der Waals surface area contributed by atoms with E-state index in [0.29, 0.717) is 12.8 Å². The minimum absolute atomic E-state index is 0.0386. The fourth-order valence-corrected chi connectivity index (χ4v) is 5.48. The van der Waals surface area contributed by atoms with Gasteiger partial charge in [0.05, 0.1) is 27.0 Å². The van der Waals surface area contributed by atoms with Crippen LogP contribution in [0.3, 0.4) is 0 Å². The first kappa shape index (κ1) is 16.2. The summed E-state index contributed by atoms with van der Waals surface area (Å²) < 4.78 is 49.9. The van der Waals surface area contributed by atoms with Crippen molar-refractivity contribution >= 4 is 31.5 Å². The molecule has 1 atom stereocenters. The number of benzene rings is 1. The molecule has 0 aliphatic carbocycles. The summed E-state index contributed by atoms with van der Waals surface area (Å²) in [7, 11) is -7.07. The van der Waals surface area contributed by atoms with Crippen molar-refractivity contribution < 1.29 is 16.8 Å². The fraction of sp³-hybridized carbons (Fsp3) is 0.417. The van der Waals surface area contributed by atoms with Crippen LogP contribution >= 0.6 is 11.6 Å². The van der Waals surface area contributed by atoms with E-state index in [1.54, 1.807) is 0 Å². The number of sulfonamides is 1. The lowest BCUT2D eigenvalue weighted by atomic mass is 10.2. The summed E-state index contributed by atoms with van der Waals surface area (Å²) >= 11 is 5.81. The van der Waals surface area contributed by atoms with Crippen LogP contribution < -0.4 is 4.72 Å². The molecule has 2 rings (SSSR count). The molecule has 1 saturated heterocycles. The Balaban J connectivity index is 2.23. The number of rotatable bonds is 3. The van der Waals surface area contributed by atoms with Gasteiger partial charge in [0.1, 0.15) is 6.07 Å². The first-order valence-electron chi connectivity index (χ1n) is 6.16. The molecule has 1 N–H and O–H groups in total. The average Bonchev–Trinajstić information content (AvgIpc) is 2.36. The number of nitrogens with zero attached hydrogens (tertiary/aromatic N) is 1. The first-order valence-corrected chi connectivity index (χ1v) is 9.84. The highest BCUT2D eigenvalue weighted by atomic mass is 35.5. The van der Waals surface area contributed by atoms with Gasteiger partial charge in [0, 0.05) is 6.04 Å². The summed E-state index contributed by atoms with van der Waals surface area (Å²) in [4.78, 5) is -0.0885. The molecule has 0 aromatic heterocycles. The van der Waals surface area contributed by atoms with Gasteiger partial charge in [-0.2, -0.15) is 5.26 Å². The lowest BCUT2D eigenvalue weighted by Gasteiger charge is -2.22. The second-order valence-electron chi connectivity index (χ2n) is 4.83. The summed E-state index contributed by atoms with van der Waals surface area (Å²) in [5.74, 6) is -0.107. The molecular weight excluding hydrogens is 336 g/mol. The van der Waals surface area contributed by atoms with Crippen molar-refractivity contribution in [2.75, 3.05) is 11.5 Å². The average molecular weight is 349 g/mol. The molecule has 9 heteroatoms. The Morgan fingerprint density at radius 2 is 2.10 bits per heavy atom. The molecule has 0 amide bonds. The van der Waals surface area contributed by atoms with Crippen LogP contribution in [-0.2, 0) is 19.9 Å². The minimum Gasteiger partial charge on any atom is -0.229 e. The molecule has 1 aromatic carbocycles. The van der Waals surface area contributed by atoms with Crippen molar-refractivity contribution in [2.45, 2.75) is 23.8 Å². The largest absolute Gasteiger partial charge is 0.240 e. The summed E-state index contributed by atoms with van der Waals surface area (Å²) in [6.07, 6.45) is 0.909. The van der Waals surface area contributed by atoms with E-state index in [1.165, 1.54) is 18.2 Å². The van der Waals surface area contributed by atoms with Crippen LogP contribution in [-0.4, -0.2) is 34.4 Å². The van der Waals surface area contributed by atoms with Crippen molar-refractivity contribution in [1.82, 2.24) is 4.72 Å². The molecule has 1 fully saturated rings. The predicted molar refractivity (Wildman–Crippen MR) is 78.2 cm³/mol. The third-order valence-electron chi connectivity index (χ3n) is 3.16. The topological polar surface area (TPSA) is 104 Å². The van der Waals surface area contributed by atoms with Crippen molar-refractivity contribution in [3.63, 3.8) is 0 Å². The predicted octanol–water partition coefficient (Wildman–Crippen LogP) is 1.07. The van der Waals surface area contributed by atoms with E-state index in [-0.39, 0.29) is 27.0 Å². The van der Waals surface area contributed by atoms with Gasteiger partial charge in [0.15, 0.2) is 9.84 Å². The van der Waals surface area contributed by atoms with Gasteiger partial charge >= 0.3 is 0 Å². The molecule has 0 radical (unpaired) electrons. The molecule has 6 nitrogen and oxygen atoms in total. The Labute approximate surface area is 128 Å².